The summed E-state index contributed by atoms with van der Waals surface area (Å²) in [6.45, 7) is 0. The number of hydrogen-bond donors (Lipinski definition) is 1. The molecule has 1 aliphatic heterocycles. The Labute approximate surface area is 260 Å². The standard InChI is InChI=1S/C40H26N4O/c1-3-12-25(13-4-1)28-22-23-31(30-18-9-8-17-29(28)30)38-42-37(26-14-5-2-6-15-26)43-39(44-38)32-19-11-21-35-36(32)33-24-27-16-7-10-20-34(27)41-40(33)45-35/h1-24,34,41H. The molecule has 5 aromatic carbocycles. The number of allylic oxidation sites excluding steroid dienone is 2. The first-order chi connectivity index (χ1) is 22.3. The average Bonchev–Trinajstić information content (AvgIpc) is 3.48. The number of aromatic nitrogens is 3. The Kier molecular flexibility index (Phi) is 5.81. The molecular formula is C40H26N4O. The van der Waals surface area contributed by atoms with E-state index in [0.717, 1.165) is 49.9 Å². The summed E-state index contributed by atoms with van der Waals surface area (Å²) in [5.74, 6) is 2.61. The molecule has 2 aromatic heterocycles. The fourth-order valence-corrected chi connectivity index (χ4v) is 6.43. The van der Waals surface area contributed by atoms with Crippen molar-refractivity contribution in [2.75, 3.05) is 5.32 Å². The van der Waals surface area contributed by atoms with Crippen molar-refractivity contribution in [3.05, 3.63) is 151 Å². The highest BCUT2D eigenvalue weighted by Gasteiger charge is 2.26. The summed E-state index contributed by atoms with van der Waals surface area (Å²) in [6.07, 6.45) is 10.6. The molecule has 0 amide bonds. The third-order valence-electron chi connectivity index (χ3n) is 8.57. The summed E-state index contributed by atoms with van der Waals surface area (Å²) in [7, 11) is 0. The van der Waals surface area contributed by atoms with E-state index in [-0.39, 0.29) is 6.04 Å². The Morgan fingerprint density at radius 3 is 2.02 bits per heavy atom. The van der Waals surface area contributed by atoms with Gasteiger partial charge in [0, 0.05) is 27.6 Å². The average molecular weight is 579 g/mol. The number of nitrogens with one attached hydrogen (secondary N) is 1. The molecule has 0 radical (unpaired) electrons. The smallest absolute Gasteiger partial charge is 0.202 e. The Morgan fingerprint density at radius 2 is 1.22 bits per heavy atom. The summed E-state index contributed by atoms with van der Waals surface area (Å²) in [6, 6.07) is 39.5. The van der Waals surface area contributed by atoms with E-state index in [1.807, 2.05) is 48.5 Å². The molecule has 0 saturated carbocycles. The molecule has 3 heterocycles. The van der Waals surface area contributed by atoms with Crippen LogP contribution in [0.3, 0.4) is 0 Å². The summed E-state index contributed by atoms with van der Waals surface area (Å²) in [4.78, 5) is 15.3. The zero-order chi connectivity index (χ0) is 29.7. The van der Waals surface area contributed by atoms with Gasteiger partial charge in [-0.2, -0.15) is 0 Å². The molecule has 45 heavy (non-hydrogen) atoms. The highest BCUT2D eigenvalue weighted by atomic mass is 16.4. The first kappa shape index (κ1) is 25.4. The first-order valence-corrected chi connectivity index (χ1v) is 15.1. The van der Waals surface area contributed by atoms with Crippen LogP contribution in [-0.4, -0.2) is 21.0 Å². The van der Waals surface area contributed by atoms with Gasteiger partial charge in [0.2, 0.25) is 5.88 Å². The van der Waals surface area contributed by atoms with E-state index in [1.165, 1.54) is 16.7 Å². The second-order valence-corrected chi connectivity index (χ2v) is 11.3. The SMILES string of the molecule is C1=CC2=Cc3c(oc4cccc(-c5nc(-c6ccccc6)nc(-c6ccc(-c7ccccc7)c7ccccc67)n5)c34)NC2C=C1. The Morgan fingerprint density at radius 1 is 0.556 bits per heavy atom. The van der Waals surface area contributed by atoms with Gasteiger partial charge >= 0.3 is 0 Å². The number of nitrogens with zero attached hydrogens (tertiary/aromatic N) is 3. The topological polar surface area (TPSA) is 63.8 Å². The molecule has 5 nitrogen and oxygen atoms in total. The normalized spacial score (nSPS) is 15.0. The lowest BCUT2D eigenvalue weighted by molar-refractivity contribution is 0.622. The summed E-state index contributed by atoms with van der Waals surface area (Å²) < 4.78 is 6.36. The monoisotopic (exact) mass is 578 g/mol. The zero-order valence-corrected chi connectivity index (χ0v) is 24.2. The lowest BCUT2D eigenvalue weighted by atomic mass is 9.94. The van der Waals surface area contributed by atoms with E-state index in [2.05, 4.69) is 102 Å². The third-order valence-corrected chi connectivity index (χ3v) is 8.57. The van der Waals surface area contributed by atoms with E-state index in [4.69, 9.17) is 19.4 Å². The van der Waals surface area contributed by atoms with E-state index >= 15 is 0 Å². The van der Waals surface area contributed by atoms with Gasteiger partial charge in [-0.05, 0) is 45.7 Å². The second-order valence-electron chi connectivity index (χ2n) is 11.3. The van der Waals surface area contributed by atoms with Gasteiger partial charge in [-0.3, -0.25) is 0 Å². The summed E-state index contributed by atoms with van der Waals surface area (Å²) >= 11 is 0. The second kappa shape index (κ2) is 10.3. The van der Waals surface area contributed by atoms with Crippen LogP contribution in [0.25, 0.3) is 73.1 Å². The van der Waals surface area contributed by atoms with Crippen molar-refractivity contribution in [2.24, 2.45) is 0 Å². The summed E-state index contributed by atoms with van der Waals surface area (Å²) in [5, 5.41) is 6.77. The first-order valence-electron chi connectivity index (χ1n) is 15.1. The molecule has 1 aliphatic carbocycles. The van der Waals surface area contributed by atoms with Gasteiger partial charge in [0.15, 0.2) is 17.5 Å². The van der Waals surface area contributed by atoms with E-state index in [9.17, 15) is 0 Å². The van der Waals surface area contributed by atoms with Crippen LogP contribution < -0.4 is 5.32 Å². The maximum absolute atomic E-state index is 6.36. The molecule has 212 valence electrons. The van der Waals surface area contributed by atoms with Crippen molar-refractivity contribution >= 4 is 33.7 Å². The highest BCUT2D eigenvalue weighted by molar-refractivity contribution is 6.05. The predicted molar refractivity (Wildman–Crippen MR) is 183 cm³/mol. The molecule has 0 saturated heterocycles. The molecule has 1 atom stereocenters. The largest absolute Gasteiger partial charge is 0.440 e. The molecule has 1 unspecified atom stereocenters. The van der Waals surface area contributed by atoms with Gasteiger partial charge in [0.25, 0.3) is 0 Å². The van der Waals surface area contributed by atoms with Crippen LogP contribution in [0.15, 0.2) is 150 Å². The van der Waals surface area contributed by atoms with Crippen molar-refractivity contribution in [1.82, 2.24) is 15.0 Å². The zero-order valence-electron chi connectivity index (χ0n) is 24.2. The molecule has 0 bridgehead atoms. The van der Waals surface area contributed by atoms with Gasteiger partial charge in [0.1, 0.15) is 5.58 Å². The molecule has 9 rings (SSSR count). The van der Waals surface area contributed by atoms with Gasteiger partial charge < -0.3 is 9.73 Å². The maximum Gasteiger partial charge on any atom is 0.202 e. The van der Waals surface area contributed by atoms with Crippen molar-refractivity contribution in [3.8, 4) is 45.3 Å². The van der Waals surface area contributed by atoms with E-state index in [0.29, 0.717) is 17.5 Å². The number of hydrogen-bond acceptors (Lipinski definition) is 5. The number of furan rings is 1. The minimum absolute atomic E-state index is 0.0899. The number of rotatable bonds is 4. The quantitative estimate of drug-likeness (QED) is 0.225. The number of benzene rings is 5. The van der Waals surface area contributed by atoms with Gasteiger partial charge in [-0.25, -0.2) is 15.0 Å². The highest BCUT2D eigenvalue weighted by Crippen LogP contribution is 2.42. The minimum atomic E-state index is 0.0899. The lowest BCUT2D eigenvalue weighted by Gasteiger charge is -2.22. The van der Waals surface area contributed by atoms with Crippen molar-refractivity contribution in [3.63, 3.8) is 0 Å². The Balaban J connectivity index is 1.28. The van der Waals surface area contributed by atoms with E-state index in [1.54, 1.807) is 0 Å². The summed E-state index contributed by atoms with van der Waals surface area (Å²) in [5.41, 5.74) is 8.11. The van der Waals surface area contributed by atoms with Crippen LogP contribution in [0.4, 0.5) is 5.88 Å². The van der Waals surface area contributed by atoms with Gasteiger partial charge in [0.05, 0.1) is 6.04 Å². The minimum Gasteiger partial charge on any atom is -0.440 e. The maximum atomic E-state index is 6.36. The van der Waals surface area contributed by atoms with E-state index < -0.39 is 0 Å². The molecule has 0 spiro atoms. The van der Waals surface area contributed by atoms with Crippen LogP contribution in [0.2, 0.25) is 0 Å². The van der Waals surface area contributed by atoms with Crippen LogP contribution in [0.1, 0.15) is 5.56 Å². The fraction of sp³-hybridized carbons (Fsp3) is 0.0250. The molecule has 1 N–H and O–H groups in total. The lowest BCUT2D eigenvalue weighted by Crippen LogP contribution is -2.22. The fourth-order valence-electron chi connectivity index (χ4n) is 6.43. The predicted octanol–water partition coefficient (Wildman–Crippen LogP) is 9.74. The van der Waals surface area contributed by atoms with Gasteiger partial charge in [-0.1, -0.05) is 127 Å². The van der Waals surface area contributed by atoms with Crippen molar-refractivity contribution in [2.45, 2.75) is 6.04 Å². The molecular weight excluding hydrogens is 552 g/mol. The van der Waals surface area contributed by atoms with Gasteiger partial charge in [-0.15, -0.1) is 0 Å². The number of fused-ring (bicyclic) bond motifs is 5. The molecule has 7 aromatic rings. The van der Waals surface area contributed by atoms with Crippen LogP contribution in [0.5, 0.6) is 0 Å². The molecule has 0 fully saturated rings. The van der Waals surface area contributed by atoms with Crippen molar-refractivity contribution in [1.29, 1.82) is 0 Å². The third kappa shape index (κ3) is 4.28. The molecule has 2 aliphatic rings. The Bertz CT molecular complexity index is 2350. The van der Waals surface area contributed by atoms with Crippen LogP contribution in [-0.2, 0) is 0 Å². The van der Waals surface area contributed by atoms with Crippen LogP contribution >= 0.6 is 0 Å². The molecule has 5 heteroatoms. The van der Waals surface area contributed by atoms with Crippen LogP contribution in [0, 0.1) is 0 Å². The van der Waals surface area contributed by atoms with Crippen molar-refractivity contribution < 1.29 is 4.42 Å². The number of anilines is 1. The Hall–Kier alpha value is -6.07.